The zero-order chi connectivity index (χ0) is 51.6. The second-order valence-corrected chi connectivity index (χ2v) is 19.7. The van der Waals surface area contributed by atoms with E-state index < -0.39 is 24.2 Å². The average molecular weight is 998 g/mol. The van der Waals surface area contributed by atoms with Crippen molar-refractivity contribution in [1.29, 1.82) is 0 Å². The standard InChI is InChI=1S/C57H107NO12/c1-6-10-14-18-22-30-38-50(36-28-16-12-8-3)68-54(61)40-32-24-20-26-34-47-65-53(60)43-42-52(70-57(64)67-49-45-58(5)44-46-59)56(63)66-48-35-27-21-25-33-41-55(62)69-51(37-29-17-13-9-4)39-31-23-19-15-11-7-2/h50-52,59H,6-49H2,1-5H3. The van der Waals surface area contributed by atoms with E-state index in [-0.39, 0.29) is 63.4 Å². The minimum atomic E-state index is -1.34. The summed E-state index contributed by atoms with van der Waals surface area (Å²) in [5.41, 5.74) is 0. The number of hydrogen-bond acceptors (Lipinski definition) is 13. The van der Waals surface area contributed by atoms with E-state index in [0.29, 0.717) is 38.8 Å². The molecule has 0 aromatic rings. The molecule has 0 aromatic heterocycles. The van der Waals surface area contributed by atoms with E-state index in [2.05, 4.69) is 27.7 Å². The molecule has 0 spiro atoms. The van der Waals surface area contributed by atoms with Crippen molar-refractivity contribution in [3.63, 3.8) is 0 Å². The van der Waals surface area contributed by atoms with E-state index in [1.165, 1.54) is 103 Å². The molecule has 3 atom stereocenters. The molecule has 0 aliphatic rings. The van der Waals surface area contributed by atoms with Crippen molar-refractivity contribution in [3.8, 4) is 0 Å². The number of aliphatic hydroxyl groups excluding tert-OH is 1. The predicted molar refractivity (Wildman–Crippen MR) is 281 cm³/mol. The van der Waals surface area contributed by atoms with Crippen LogP contribution < -0.4 is 0 Å². The van der Waals surface area contributed by atoms with E-state index >= 15 is 0 Å². The van der Waals surface area contributed by atoms with Crippen molar-refractivity contribution < 1.29 is 57.5 Å². The molecule has 0 amide bonds. The van der Waals surface area contributed by atoms with Crippen LogP contribution in [0.3, 0.4) is 0 Å². The Labute approximate surface area is 427 Å². The lowest BCUT2D eigenvalue weighted by molar-refractivity contribution is -0.157. The van der Waals surface area contributed by atoms with Gasteiger partial charge in [0.1, 0.15) is 18.8 Å². The van der Waals surface area contributed by atoms with Crippen LogP contribution in [-0.4, -0.2) is 105 Å². The van der Waals surface area contributed by atoms with Crippen LogP contribution in [0.15, 0.2) is 0 Å². The van der Waals surface area contributed by atoms with Gasteiger partial charge in [0.2, 0.25) is 6.10 Å². The summed E-state index contributed by atoms with van der Waals surface area (Å²) in [4.78, 5) is 65.5. The van der Waals surface area contributed by atoms with Crippen molar-refractivity contribution in [2.45, 2.75) is 290 Å². The summed E-state index contributed by atoms with van der Waals surface area (Å²) in [5, 5.41) is 9.12. The van der Waals surface area contributed by atoms with Crippen LogP contribution in [-0.2, 0) is 47.6 Å². The molecule has 0 bridgehead atoms. The SMILES string of the molecule is CCCCCCCCC(CCCCCC)OC(=O)CCCCCCCOC(=O)CCC(OC(=O)OCCN(C)CCO)C(=O)OCCCCCCCC(=O)OC(CCCCCC)CCCCCCCC. The van der Waals surface area contributed by atoms with Crippen molar-refractivity contribution in [3.05, 3.63) is 0 Å². The van der Waals surface area contributed by atoms with Gasteiger partial charge in [0.05, 0.1) is 19.8 Å². The predicted octanol–water partition coefficient (Wildman–Crippen LogP) is 14.2. The van der Waals surface area contributed by atoms with E-state index in [9.17, 15) is 24.0 Å². The highest BCUT2D eigenvalue weighted by molar-refractivity contribution is 5.78. The summed E-state index contributed by atoms with van der Waals surface area (Å²) in [6, 6.07) is 0. The van der Waals surface area contributed by atoms with E-state index in [4.69, 9.17) is 33.5 Å². The quantitative estimate of drug-likeness (QED) is 0.0348. The van der Waals surface area contributed by atoms with Gasteiger partial charge in [0, 0.05) is 38.8 Å². The lowest BCUT2D eigenvalue weighted by Gasteiger charge is -2.18. The minimum Gasteiger partial charge on any atom is -0.466 e. The van der Waals surface area contributed by atoms with Crippen LogP contribution in [0.1, 0.15) is 272 Å². The van der Waals surface area contributed by atoms with Crippen LogP contribution in [0.5, 0.6) is 0 Å². The lowest BCUT2D eigenvalue weighted by atomic mass is 10.0. The van der Waals surface area contributed by atoms with Gasteiger partial charge in [-0.05, 0) is 84.1 Å². The number of hydrogen-bond donors (Lipinski definition) is 1. The molecule has 0 saturated carbocycles. The number of esters is 4. The second-order valence-electron chi connectivity index (χ2n) is 19.7. The first kappa shape index (κ1) is 67.1. The monoisotopic (exact) mass is 998 g/mol. The largest absolute Gasteiger partial charge is 0.509 e. The maximum Gasteiger partial charge on any atom is 0.509 e. The number of carbonyl (C=O) groups is 5. The highest BCUT2D eigenvalue weighted by atomic mass is 16.7. The smallest absolute Gasteiger partial charge is 0.466 e. The topological polar surface area (TPSA) is 164 Å². The van der Waals surface area contributed by atoms with Gasteiger partial charge in [0.25, 0.3) is 0 Å². The Morgan fingerprint density at radius 1 is 0.386 bits per heavy atom. The molecule has 0 aliphatic carbocycles. The molecule has 70 heavy (non-hydrogen) atoms. The molecule has 1 N–H and O–H groups in total. The summed E-state index contributed by atoms with van der Waals surface area (Å²) in [5.74, 6) is -1.46. The van der Waals surface area contributed by atoms with Gasteiger partial charge in [-0.3, -0.25) is 14.4 Å². The molecule has 0 saturated heterocycles. The maximum absolute atomic E-state index is 13.1. The first-order valence-electron chi connectivity index (χ1n) is 28.9. The molecule has 412 valence electrons. The van der Waals surface area contributed by atoms with Crippen molar-refractivity contribution >= 4 is 30.0 Å². The fourth-order valence-electron chi connectivity index (χ4n) is 8.43. The molecule has 0 aliphatic heterocycles. The van der Waals surface area contributed by atoms with Crippen LogP contribution in [0.25, 0.3) is 0 Å². The molecule has 13 heteroatoms. The Bertz CT molecular complexity index is 1230. The second kappa shape index (κ2) is 51.0. The minimum absolute atomic E-state index is 0.00125. The Balaban J connectivity index is 4.67. The number of unbranched alkanes of at least 4 members (excludes halogenated alkanes) is 24. The number of carbonyl (C=O) groups excluding carboxylic acids is 5. The van der Waals surface area contributed by atoms with Crippen LogP contribution in [0.2, 0.25) is 0 Å². The van der Waals surface area contributed by atoms with Gasteiger partial charge in [-0.15, -0.1) is 0 Å². The summed E-state index contributed by atoms with van der Waals surface area (Å²) in [7, 11) is 1.77. The van der Waals surface area contributed by atoms with Crippen LogP contribution in [0.4, 0.5) is 4.79 Å². The third-order valence-electron chi connectivity index (χ3n) is 13.0. The van der Waals surface area contributed by atoms with Gasteiger partial charge >= 0.3 is 30.0 Å². The maximum atomic E-state index is 13.1. The average Bonchev–Trinajstić information content (AvgIpc) is 3.34. The molecule has 0 fully saturated rings. The fourth-order valence-corrected chi connectivity index (χ4v) is 8.43. The number of aliphatic hydroxyl groups is 1. The number of ether oxygens (including phenoxy) is 6. The third-order valence-corrected chi connectivity index (χ3v) is 13.0. The zero-order valence-electron chi connectivity index (χ0n) is 45.7. The van der Waals surface area contributed by atoms with E-state index in [1.54, 1.807) is 11.9 Å². The summed E-state index contributed by atoms with van der Waals surface area (Å²) >= 11 is 0. The number of likely N-dealkylation sites (N-methyl/N-ethyl adjacent to an activating group) is 1. The molecule has 13 nitrogen and oxygen atoms in total. The Morgan fingerprint density at radius 3 is 1.21 bits per heavy atom. The highest BCUT2D eigenvalue weighted by Gasteiger charge is 2.27. The van der Waals surface area contributed by atoms with Crippen molar-refractivity contribution in [1.82, 2.24) is 4.90 Å². The zero-order valence-corrected chi connectivity index (χ0v) is 45.7. The van der Waals surface area contributed by atoms with Gasteiger partial charge in [0.15, 0.2) is 0 Å². The van der Waals surface area contributed by atoms with Gasteiger partial charge in [-0.25, -0.2) is 9.59 Å². The van der Waals surface area contributed by atoms with Gasteiger partial charge in [-0.1, -0.05) is 169 Å². The van der Waals surface area contributed by atoms with E-state index in [1.807, 2.05) is 0 Å². The first-order chi connectivity index (χ1) is 34.1. The Morgan fingerprint density at radius 2 is 0.771 bits per heavy atom. The van der Waals surface area contributed by atoms with Gasteiger partial charge in [-0.2, -0.15) is 0 Å². The molecular formula is C57H107NO12. The van der Waals surface area contributed by atoms with Gasteiger partial charge < -0.3 is 38.4 Å². The third kappa shape index (κ3) is 45.0. The number of nitrogens with zero attached hydrogens (tertiary/aromatic N) is 1. The molecule has 0 heterocycles. The molecule has 3 unspecified atom stereocenters. The fraction of sp³-hybridized carbons (Fsp3) is 0.912. The Kier molecular flexibility index (Phi) is 48.9. The highest BCUT2D eigenvalue weighted by Crippen LogP contribution is 2.20. The van der Waals surface area contributed by atoms with Crippen LogP contribution >= 0.6 is 0 Å². The van der Waals surface area contributed by atoms with Crippen LogP contribution in [0, 0.1) is 0 Å². The van der Waals surface area contributed by atoms with E-state index in [0.717, 1.165) is 103 Å². The lowest BCUT2D eigenvalue weighted by Crippen LogP contribution is -2.32. The van der Waals surface area contributed by atoms with Crippen molar-refractivity contribution in [2.75, 3.05) is 46.6 Å². The molecular weight excluding hydrogens is 891 g/mol. The molecule has 0 rings (SSSR count). The summed E-state index contributed by atoms with van der Waals surface area (Å²) in [6.07, 6.45) is 34.2. The first-order valence-corrected chi connectivity index (χ1v) is 28.9. The summed E-state index contributed by atoms with van der Waals surface area (Å²) in [6.45, 7) is 9.98. The number of rotatable bonds is 52. The van der Waals surface area contributed by atoms with Crippen molar-refractivity contribution in [2.24, 2.45) is 0 Å². The molecule has 0 aromatic carbocycles. The normalized spacial score (nSPS) is 12.6. The summed E-state index contributed by atoms with van der Waals surface area (Å²) < 4.78 is 33.3. The molecule has 0 radical (unpaired) electrons. The Hall–Kier alpha value is -2.93.